The molecule has 0 aliphatic carbocycles. The van der Waals surface area contributed by atoms with Gasteiger partial charge in [-0.05, 0) is 92.6 Å². The Morgan fingerprint density at radius 3 is 2.47 bits per heavy atom. The number of aromatic nitrogens is 2. The lowest BCUT2D eigenvalue weighted by molar-refractivity contribution is 0.564. The molecular weight excluding hydrogens is 511 g/mol. The molecule has 2 aromatic carbocycles. The van der Waals surface area contributed by atoms with Crippen LogP contribution in [0.2, 0.25) is 0 Å². The molecule has 4 nitrogen and oxygen atoms in total. The monoisotopic (exact) mass is 534 g/mol. The van der Waals surface area contributed by atoms with Crippen molar-refractivity contribution in [2.24, 2.45) is 0 Å². The van der Waals surface area contributed by atoms with Crippen LogP contribution in [0.5, 0.6) is 0 Å². The molecule has 1 aliphatic heterocycles. The van der Waals surface area contributed by atoms with Crippen molar-refractivity contribution < 1.29 is 4.39 Å². The molecule has 1 N–H and O–H groups in total. The first kappa shape index (κ1) is 22.7. The van der Waals surface area contributed by atoms with Crippen LogP contribution in [0, 0.1) is 26.6 Å². The topological polar surface area (TPSA) is 33.1 Å². The van der Waals surface area contributed by atoms with E-state index in [4.69, 9.17) is 12.2 Å². The molecule has 0 unspecified atom stereocenters. The number of hydrogen-bond acceptors (Lipinski definition) is 2. The smallest absolute Gasteiger partial charge is 0.174 e. The van der Waals surface area contributed by atoms with Gasteiger partial charge in [0.2, 0.25) is 0 Å². The zero-order chi connectivity index (χ0) is 24.0. The van der Waals surface area contributed by atoms with Crippen LogP contribution in [0.3, 0.4) is 0 Å². The Balaban J connectivity index is 1.70. The van der Waals surface area contributed by atoms with Gasteiger partial charge in [0.05, 0.1) is 23.5 Å². The van der Waals surface area contributed by atoms with E-state index in [9.17, 15) is 4.39 Å². The van der Waals surface area contributed by atoms with Gasteiger partial charge in [-0.15, -0.1) is 0 Å². The van der Waals surface area contributed by atoms with Crippen molar-refractivity contribution in [1.29, 1.82) is 0 Å². The van der Waals surface area contributed by atoms with Gasteiger partial charge in [0.15, 0.2) is 5.11 Å². The average molecular weight is 535 g/mol. The molecule has 1 saturated heterocycles. The molecule has 34 heavy (non-hydrogen) atoms. The number of nitrogens with one attached hydrogen (secondary N) is 1. The number of rotatable bonds is 4. The van der Waals surface area contributed by atoms with Gasteiger partial charge in [0.25, 0.3) is 0 Å². The maximum atomic E-state index is 14.8. The average Bonchev–Trinajstić information content (AvgIpc) is 3.32. The van der Waals surface area contributed by atoms with E-state index < -0.39 is 0 Å². The third kappa shape index (κ3) is 3.83. The highest BCUT2D eigenvalue weighted by atomic mass is 79.9. The second-order valence-electron chi connectivity index (χ2n) is 8.54. The summed E-state index contributed by atoms with van der Waals surface area (Å²) in [6.07, 6.45) is 1.80. The highest BCUT2D eigenvalue weighted by molar-refractivity contribution is 9.10. The summed E-state index contributed by atoms with van der Waals surface area (Å²) in [7, 11) is 0. The highest BCUT2D eigenvalue weighted by Crippen LogP contribution is 2.44. The van der Waals surface area contributed by atoms with Crippen LogP contribution in [0.1, 0.15) is 40.3 Å². The SMILES string of the molecule is Cc1cc(N2C(=S)N[C@H](c3ccccn3)[C@@H]2c2cc(C)n(-c3ccccc3F)c2C)ccc1Br. The number of halogens is 2. The molecule has 3 heterocycles. The molecule has 4 aromatic rings. The first-order valence-electron chi connectivity index (χ1n) is 11.1. The van der Waals surface area contributed by atoms with Crippen LogP contribution in [0.25, 0.3) is 5.69 Å². The van der Waals surface area contributed by atoms with Gasteiger partial charge in [-0.1, -0.05) is 34.1 Å². The van der Waals surface area contributed by atoms with Gasteiger partial charge in [0.1, 0.15) is 5.82 Å². The zero-order valence-electron chi connectivity index (χ0n) is 19.1. The van der Waals surface area contributed by atoms with Gasteiger partial charge in [-0.2, -0.15) is 0 Å². The van der Waals surface area contributed by atoms with E-state index in [0.29, 0.717) is 10.8 Å². The van der Waals surface area contributed by atoms with Crippen molar-refractivity contribution in [3.63, 3.8) is 0 Å². The molecule has 0 radical (unpaired) electrons. The second kappa shape index (κ2) is 8.96. The van der Waals surface area contributed by atoms with Crippen LogP contribution < -0.4 is 10.2 Å². The summed E-state index contributed by atoms with van der Waals surface area (Å²) in [4.78, 5) is 6.79. The minimum absolute atomic E-state index is 0.158. The maximum Gasteiger partial charge on any atom is 0.174 e. The van der Waals surface area contributed by atoms with Crippen molar-refractivity contribution in [2.45, 2.75) is 32.9 Å². The van der Waals surface area contributed by atoms with Gasteiger partial charge >= 0.3 is 0 Å². The predicted octanol–water partition coefficient (Wildman–Crippen LogP) is 6.88. The third-order valence-corrected chi connectivity index (χ3v) is 7.60. The first-order valence-corrected chi connectivity index (χ1v) is 12.3. The summed E-state index contributed by atoms with van der Waals surface area (Å²) in [6.45, 7) is 6.11. The van der Waals surface area contributed by atoms with E-state index >= 15 is 0 Å². The quantitative estimate of drug-likeness (QED) is 0.289. The lowest BCUT2D eigenvalue weighted by Crippen LogP contribution is -2.29. The number of para-hydroxylation sites is 1. The fraction of sp³-hybridized carbons (Fsp3) is 0.185. The summed E-state index contributed by atoms with van der Waals surface area (Å²) < 4.78 is 17.8. The number of nitrogens with zero attached hydrogens (tertiary/aromatic N) is 3. The Labute approximate surface area is 212 Å². The molecule has 2 atom stereocenters. The standard InChI is InChI=1S/C27H24BrFN4S/c1-16-14-19(11-12-21(16)28)33-26(25(31-27(33)34)23-9-6-7-13-30-23)20-15-17(2)32(18(20)3)24-10-5-4-8-22(24)29/h4-15,25-26H,1-3H3,(H,31,34)/t25-,26+/m1/s1. The lowest BCUT2D eigenvalue weighted by atomic mass is 9.96. The largest absolute Gasteiger partial charge is 0.351 e. The predicted molar refractivity (Wildman–Crippen MR) is 142 cm³/mol. The lowest BCUT2D eigenvalue weighted by Gasteiger charge is -2.28. The third-order valence-electron chi connectivity index (χ3n) is 6.40. The molecule has 5 rings (SSSR count). The van der Waals surface area contributed by atoms with Crippen molar-refractivity contribution in [3.8, 4) is 5.69 Å². The second-order valence-corrected chi connectivity index (χ2v) is 9.78. The Morgan fingerprint density at radius 2 is 1.76 bits per heavy atom. The van der Waals surface area contributed by atoms with Crippen molar-refractivity contribution in [3.05, 3.63) is 111 Å². The molecule has 1 fully saturated rings. The Kier molecular flexibility index (Phi) is 6.00. The molecule has 0 spiro atoms. The van der Waals surface area contributed by atoms with Gasteiger partial charge in [-0.25, -0.2) is 4.39 Å². The molecular formula is C27H24BrFN4S. The van der Waals surface area contributed by atoms with Crippen LogP contribution in [0.4, 0.5) is 10.1 Å². The number of hydrogen-bond donors (Lipinski definition) is 1. The van der Waals surface area contributed by atoms with E-state index in [1.54, 1.807) is 12.3 Å². The molecule has 2 aromatic heterocycles. The van der Waals surface area contributed by atoms with Gasteiger partial charge < -0.3 is 14.8 Å². The Morgan fingerprint density at radius 1 is 1.00 bits per heavy atom. The van der Waals surface area contributed by atoms with E-state index in [0.717, 1.165) is 38.4 Å². The van der Waals surface area contributed by atoms with E-state index in [1.807, 2.05) is 54.8 Å². The minimum Gasteiger partial charge on any atom is -0.351 e. The normalized spacial score (nSPS) is 17.8. The van der Waals surface area contributed by atoms with Gasteiger partial charge in [-0.3, -0.25) is 4.98 Å². The van der Waals surface area contributed by atoms with Crippen LogP contribution >= 0.6 is 28.1 Å². The minimum atomic E-state index is -0.252. The summed E-state index contributed by atoms with van der Waals surface area (Å²) in [6, 6.07) is 20.8. The zero-order valence-corrected chi connectivity index (χ0v) is 21.5. The Hall–Kier alpha value is -3.03. The number of aryl methyl sites for hydroxylation is 2. The summed E-state index contributed by atoms with van der Waals surface area (Å²) >= 11 is 9.46. The highest BCUT2D eigenvalue weighted by Gasteiger charge is 2.42. The fourth-order valence-electron chi connectivity index (χ4n) is 4.82. The van der Waals surface area contributed by atoms with Crippen LogP contribution in [0.15, 0.2) is 77.4 Å². The molecule has 1 aliphatic rings. The summed E-state index contributed by atoms with van der Waals surface area (Å²) in [5.74, 6) is -0.252. The van der Waals surface area contributed by atoms with Crippen LogP contribution in [-0.4, -0.2) is 14.7 Å². The van der Waals surface area contributed by atoms with Crippen molar-refractivity contribution in [2.75, 3.05) is 4.90 Å². The number of thiocarbonyl (C=S) groups is 1. The summed E-state index contributed by atoms with van der Waals surface area (Å²) in [5.41, 5.74) is 6.57. The number of benzene rings is 2. The molecule has 0 saturated carbocycles. The van der Waals surface area contributed by atoms with E-state index in [1.165, 1.54) is 6.07 Å². The summed E-state index contributed by atoms with van der Waals surface area (Å²) in [5, 5.41) is 4.15. The molecule has 7 heteroatoms. The van der Waals surface area contributed by atoms with Crippen molar-refractivity contribution in [1.82, 2.24) is 14.9 Å². The fourth-order valence-corrected chi connectivity index (χ4v) is 5.41. The number of anilines is 1. The molecule has 0 amide bonds. The van der Waals surface area contributed by atoms with Crippen LogP contribution in [-0.2, 0) is 0 Å². The molecule has 0 bridgehead atoms. The Bertz CT molecular complexity index is 1380. The first-order chi connectivity index (χ1) is 16.4. The van der Waals surface area contributed by atoms with Gasteiger partial charge in [0, 0.05) is 27.7 Å². The maximum absolute atomic E-state index is 14.8. The molecule has 172 valence electrons. The number of pyridine rings is 1. The van der Waals surface area contributed by atoms with E-state index in [-0.39, 0.29) is 17.9 Å². The van der Waals surface area contributed by atoms with Crippen molar-refractivity contribution >= 4 is 38.9 Å². The van der Waals surface area contributed by atoms with E-state index in [2.05, 4.69) is 56.3 Å².